The third-order valence-electron chi connectivity index (χ3n) is 3.40. The predicted molar refractivity (Wildman–Crippen MR) is 95.4 cm³/mol. The number of amides is 1. The van der Waals surface area contributed by atoms with Crippen LogP contribution in [0.1, 0.15) is 29.7 Å². The summed E-state index contributed by atoms with van der Waals surface area (Å²) < 4.78 is 0.964. The standard InChI is InChI=1S/C18H19BrN2O2/c1-13-7-3-4-8-15(13)11-20-23-12-18(22)21-14(2)16-9-5-6-10-17(16)19/h3-11,14H,12H2,1-2H3,(H,21,22)/b20-11-/t14-/m1/s1. The van der Waals surface area contributed by atoms with E-state index in [1.165, 1.54) is 0 Å². The van der Waals surface area contributed by atoms with Crippen molar-refractivity contribution in [3.8, 4) is 0 Å². The number of aryl methyl sites for hydroxylation is 1. The van der Waals surface area contributed by atoms with Crippen LogP contribution in [0.4, 0.5) is 0 Å². The topological polar surface area (TPSA) is 50.7 Å². The summed E-state index contributed by atoms with van der Waals surface area (Å²) in [6.07, 6.45) is 1.61. The van der Waals surface area contributed by atoms with E-state index in [2.05, 4.69) is 26.4 Å². The van der Waals surface area contributed by atoms with Crippen molar-refractivity contribution < 1.29 is 9.63 Å². The summed E-state index contributed by atoms with van der Waals surface area (Å²) in [5.74, 6) is -0.213. The molecule has 0 saturated heterocycles. The maximum atomic E-state index is 11.9. The van der Waals surface area contributed by atoms with Gasteiger partial charge in [0.25, 0.3) is 5.91 Å². The average Bonchev–Trinajstić information content (AvgIpc) is 2.53. The second-order valence-electron chi connectivity index (χ2n) is 5.18. The van der Waals surface area contributed by atoms with Crippen LogP contribution in [0.5, 0.6) is 0 Å². The predicted octanol–water partition coefficient (Wildman–Crippen LogP) is 3.99. The van der Waals surface area contributed by atoms with E-state index in [0.717, 1.165) is 21.2 Å². The fourth-order valence-electron chi connectivity index (χ4n) is 2.11. The third kappa shape index (κ3) is 5.21. The van der Waals surface area contributed by atoms with E-state index in [9.17, 15) is 4.79 Å². The number of hydrogen-bond donors (Lipinski definition) is 1. The van der Waals surface area contributed by atoms with Gasteiger partial charge in [0.2, 0.25) is 0 Å². The molecule has 0 unspecified atom stereocenters. The Kier molecular flexibility index (Phi) is 6.35. The lowest BCUT2D eigenvalue weighted by Crippen LogP contribution is -2.29. The van der Waals surface area contributed by atoms with Gasteiger partial charge in [-0.2, -0.15) is 0 Å². The lowest BCUT2D eigenvalue weighted by molar-refractivity contribution is -0.126. The van der Waals surface area contributed by atoms with Crippen LogP contribution in [0.2, 0.25) is 0 Å². The first kappa shape index (κ1) is 17.2. The number of benzene rings is 2. The largest absolute Gasteiger partial charge is 0.386 e. The second-order valence-corrected chi connectivity index (χ2v) is 6.03. The van der Waals surface area contributed by atoms with Crippen molar-refractivity contribution in [3.63, 3.8) is 0 Å². The minimum atomic E-state index is -0.213. The highest BCUT2D eigenvalue weighted by atomic mass is 79.9. The first-order chi connectivity index (χ1) is 11.1. The van der Waals surface area contributed by atoms with Gasteiger partial charge in [-0.15, -0.1) is 0 Å². The highest BCUT2D eigenvalue weighted by molar-refractivity contribution is 9.10. The van der Waals surface area contributed by atoms with E-state index in [-0.39, 0.29) is 18.6 Å². The number of carbonyl (C=O) groups excluding carboxylic acids is 1. The van der Waals surface area contributed by atoms with Gasteiger partial charge in [0.05, 0.1) is 12.3 Å². The minimum Gasteiger partial charge on any atom is -0.386 e. The van der Waals surface area contributed by atoms with Gasteiger partial charge in [-0.3, -0.25) is 4.79 Å². The van der Waals surface area contributed by atoms with Gasteiger partial charge < -0.3 is 10.2 Å². The molecule has 5 heteroatoms. The quantitative estimate of drug-likeness (QED) is 0.613. The van der Waals surface area contributed by atoms with Crippen molar-refractivity contribution in [1.82, 2.24) is 5.32 Å². The summed E-state index contributed by atoms with van der Waals surface area (Å²) in [5.41, 5.74) is 3.09. The maximum Gasteiger partial charge on any atom is 0.261 e. The third-order valence-corrected chi connectivity index (χ3v) is 4.12. The fourth-order valence-corrected chi connectivity index (χ4v) is 2.74. The molecule has 23 heavy (non-hydrogen) atoms. The molecule has 0 spiro atoms. The molecule has 1 amide bonds. The number of carbonyl (C=O) groups is 1. The molecule has 4 nitrogen and oxygen atoms in total. The Labute approximate surface area is 144 Å². The molecule has 2 rings (SSSR count). The zero-order valence-electron chi connectivity index (χ0n) is 13.1. The molecule has 2 aromatic carbocycles. The molecular formula is C18H19BrN2O2. The summed E-state index contributed by atoms with van der Waals surface area (Å²) in [6, 6.07) is 15.5. The van der Waals surface area contributed by atoms with E-state index in [1.807, 2.05) is 62.4 Å². The van der Waals surface area contributed by atoms with Crippen LogP contribution >= 0.6 is 15.9 Å². The van der Waals surface area contributed by atoms with Crippen molar-refractivity contribution in [3.05, 3.63) is 69.7 Å². The van der Waals surface area contributed by atoms with E-state index >= 15 is 0 Å². The van der Waals surface area contributed by atoms with E-state index in [0.29, 0.717) is 0 Å². The van der Waals surface area contributed by atoms with Crippen LogP contribution in [-0.2, 0) is 9.63 Å². The SMILES string of the molecule is Cc1ccccc1/C=N\OCC(=O)N[C@H](C)c1ccccc1Br. The molecule has 0 aliphatic rings. The van der Waals surface area contributed by atoms with Gasteiger partial charge in [0.1, 0.15) is 0 Å². The molecule has 0 fully saturated rings. The highest BCUT2D eigenvalue weighted by Gasteiger charge is 2.12. The number of rotatable bonds is 6. The first-order valence-electron chi connectivity index (χ1n) is 7.32. The highest BCUT2D eigenvalue weighted by Crippen LogP contribution is 2.22. The Morgan fingerprint density at radius 1 is 1.26 bits per heavy atom. The van der Waals surface area contributed by atoms with Crippen LogP contribution in [-0.4, -0.2) is 18.7 Å². The summed E-state index contributed by atoms with van der Waals surface area (Å²) in [4.78, 5) is 17.0. The van der Waals surface area contributed by atoms with Crippen LogP contribution in [0, 0.1) is 6.92 Å². The summed E-state index contributed by atoms with van der Waals surface area (Å²) in [6.45, 7) is 3.80. The molecule has 0 aliphatic carbocycles. The van der Waals surface area contributed by atoms with E-state index < -0.39 is 0 Å². The molecule has 0 saturated carbocycles. The van der Waals surface area contributed by atoms with Crippen molar-refractivity contribution >= 4 is 28.1 Å². The Bertz CT molecular complexity index is 701. The number of halogens is 1. The minimum absolute atomic E-state index is 0.109. The van der Waals surface area contributed by atoms with Crippen molar-refractivity contribution in [2.45, 2.75) is 19.9 Å². The average molecular weight is 375 g/mol. The molecule has 0 radical (unpaired) electrons. The molecule has 1 atom stereocenters. The molecule has 1 N–H and O–H groups in total. The van der Waals surface area contributed by atoms with E-state index in [4.69, 9.17) is 4.84 Å². The van der Waals surface area contributed by atoms with Crippen molar-refractivity contribution in [1.29, 1.82) is 0 Å². The number of nitrogens with one attached hydrogen (secondary N) is 1. The van der Waals surface area contributed by atoms with Gasteiger partial charge in [-0.25, -0.2) is 0 Å². The summed E-state index contributed by atoms with van der Waals surface area (Å²) >= 11 is 3.48. The van der Waals surface area contributed by atoms with Crippen molar-refractivity contribution in [2.24, 2.45) is 5.16 Å². The Balaban J connectivity index is 1.81. The maximum absolute atomic E-state index is 11.9. The molecule has 0 aliphatic heterocycles. The second kappa shape index (κ2) is 8.48. The van der Waals surface area contributed by atoms with Gasteiger partial charge in [-0.1, -0.05) is 63.6 Å². The zero-order valence-corrected chi connectivity index (χ0v) is 14.7. The number of oxime groups is 1. The number of hydrogen-bond acceptors (Lipinski definition) is 3. The van der Waals surface area contributed by atoms with Gasteiger partial charge in [-0.05, 0) is 36.6 Å². The Morgan fingerprint density at radius 3 is 2.70 bits per heavy atom. The summed E-state index contributed by atoms with van der Waals surface area (Å²) in [5, 5.41) is 6.72. The van der Waals surface area contributed by atoms with Crippen LogP contribution in [0.3, 0.4) is 0 Å². The van der Waals surface area contributed by atoms with Crippen LogP contribution in [0.25, 0.3) is 0 Å². The molecule has 0 heterocycles. The summed E-state index contributed by atoms with van der Waals surface area (Å²) in [7, 11) is 0. The molecule has 0 bridgehead atoms. The monoisotopic (exact) mass is 374 g/mol. The van der Waals surface area contributed by atoms with Gasteiger partial charge in [0, 0.05) is 4.47 Å². The normalized spacial score (nSPS) is 12.1. The van der Waals surface area contributed by atoms with Crippen LogP contribution in [0.15, 0.2) is 58.2 Å². The lowest BCUT2D eigenvalue weighted by atomic mass is 10.1. The first-order valence-corrected chi connectivity index (χ1v) is 8.12. The molecule has 0 aromatic heterocycles. The molecule has 120 valence electrons. The van der Waals surface area contributed by atoms with Gasteiger partial charge in [0.15, 0.2) is 6.61 Å². The number of nitrogens with zero attached hydrogens (tertiary/aromatic N) is 1. The van der Waals surface area contributed by atoms with Crippen LogP contribution < -0.4 is 5.32 Å². The molecular weight excluding hydrogens is 356 g/mol. The Morgan fingerprint density at radius 2 is 1.96 bits per heavy atom. The van der Waals surface area contributed by atoms with E-state index in [1.54, 1.807) is 6.21 Å². The van der Waals surface area contributed by atoms with Crippen molar-refractivity contribution in [2.75, 3.05) is 6.61 Å². The van der Waals surface area contributed by atoms with Gasteiger partial charge >= 0.3 is 0 Å². The fraction of sp³-hybridized carbons (Fsp3) is 0.222. The zero-order chi connectivity index (χ0) is 16.7. The smallest absolute Gasteiger partial charge is 0.261 e. The Hall–Kier alpha value is -2.14. The molecule has 2 aromatic rings. The lowest BCUT2D eigenvalue weighted by Gasteiger charge is -2.15.